The van der Waals surface area contributed by atoms with Gasteiger partial charge in [0.15, 0.2) is 0 Å². The van der Waals surface area contributed by atoms with Gasteiger partial charge in [0.25, 0.3) is 5.69 Å². The van der Waals surface area contributed by atoms with Crippen LogP contribution in [0, 0.1) is 15.9 Å². The van der Waals surface area contributed by atoms with Gasteiger partial charge in [0.1, 0.15) is 5.82 Å². The zero-order valence-electron chi connectivity index (χ0n) is 11.2. The average Bonchev–Trinajstić information content (AvgIpc) is 2.36. The van der Waals surface area contributed by atoms with Gasteiger partial charge in [0.05, 0.1) is 11.0 Å². The summed E-state index contributed by atoms with van der Waals surface area (Å²) < 4.78 is 13.4. The Bertz CT molecular complexity index is 531. The number of non-ortho nitro benzene ring substituents is 1. The molecule has 0 bridgehead atoms. The molecule has 2 fully saturated rings. The molecule has 1 aliphatic heterocycles. The lowest BCUT2D eigenvalue weighted by Gasteiger charge is -2.48. The Morgan fingerprint density at radius 1 is 1.40 bits per heavy atom. The van der Waals surface area contributed by atoms with E-state index in [0.29, 0.717) is 5.69 Å². The predicted octanol–water partition coefficient (Wildman–Crippen LogP) is 2.82. The highest BCUT2D eigenvalue weighted by Crippen LogP contribution is 2.39. The molecule has 5 nitrogen and oxygen atoms in total. The molecular formula is C14H18FN3O2. The lowest BCUT2D eigenvalue weighted by molar-refractivity contribution is -0.385. The summed E-state index contributed by atoms with van der Waals surface area (Å²) in [5, 5.41) is 17.6. The predicted molar refractivity (Wildman–Crippen MR) is 74.3 cm³/mol. The quantitative estimate of drug-likeness (QED) is 0.659. The van der Waals surface area contributed by atoms with Crippen LogP contribution >= 0.6 is 0 Å². The van der Waals surface area contributed by atoms with E-state index in [4.69, 9.17) is 0 Å². The standard InChI is InChI=1S/C14H18FN3O2/c15-10-6-12(8-13(7-10)18(19)20)17-11-2-5-16-14(9-11)3-1-4-14/h6-8,11,16-17H,1-5,9H2. The number of rotatable bonds is 3. The number of nitro benzene ring substituents is 1. The number of nitro groups is 1. The highest BCUT2D eigenvalue weighted by atomic mass is 19.1. The third-order valence-electron chi connectivity index (χ3n) is 4.40. The first-order valence-corrected chi connectivity index (χ1v) is 7.03. The van der Waals surface area contributed by atoms with Crippen LogP contribution in [0.5, 0.6) is 0 Å². The van der Waals surface area contributed by atoms with E-state index < -0.39 is 10.7 Å². The molecule has 108 valence electrons. The van der Waals surface area contributed by atoms with E-state index in [1.165, 1.54) is 31.4 Å². The molecule has 2 N–H and O–H groups in total. The topological polar surface area (TPSA) is 67.2 Å². The summed E-state index contributed by atoms with van der Waals surface area (Å²) >= 11 is 0. The van der Waals surface area contributed by atoms with Crippen molar-refractivity contribution >= 4 is 11.4 Å². The van der Waals surface area contributed by atoms with Crippen LogP contribution in [-0.4, -0.2) is 23.0 Å². The van der Waals surface area contributed by atoms with Crippen LogP contribution in [-0.2, 0) is 0 Å². The van der Waals surface area contributed by atoms with Crippen molar-refractivity contribution in [1.82, 2.24) is 5.32 Å². The Hall–Kier alpha value is -1.69. The van der Waals surface area contributed by atoms with Crippen molar-refractivity contribution in [2.75, 3.05) is 11.9 Å². The van der Waals surface area contributed by atoms with Crippen molar-refractivity contribution in [1.29, 1.82) is 0 Å². The fraction of sp³-hybridized carbons (Fsp3) is 0.571. The normalized spacial score (nSPS) is 24.1. The van der Waals surface area contributed by atoms with Gasteiger partial charge in [-0.3, -0.25) is 10.1 Å². The average molecular weight is 279 g/mol. The second-order valence-corrected chi connectivity index (χ2v) is 5.85. The van der Waals surface area contributed by atoms with Crippen molar-refractivity contribution < 1.29 is 9.31 Å². The zero-order valence-corrected chi connectivity index (χ0v) is 11.2. The largest absolute Gasteiger partial charge is 0.382 e. The number of hydrogen-bond acceptors (Lipinski definition) is 4. The van der Waals surface area contributed by atoms with Crippen LogP contribution in [0.4, 0.5) is 15.8 Å². The molecule has 2 aliphatic rings. The monoisotopic (exact) mass is 279 g/mol. The SMILES string of the molecule is O=[N+]([O-])c1cc(F)cc(NC2CCNC3(CCC3)C2)c1. The van der Waals surface area contributed by atoms with E-state index in [1.54, 1.807) is 0 Å². The third kappa shape index (κ3) is 2.60. The molecular weight excluding hydrogens is 261 g/mol. The molecule has 0 amide bonds. The van der Waals surface area contributed by atoms with E-state index >= 15 is 0 Å². The van der Waals surface area contributed by atoms with Gasteiger partial charge >= 0.3 is 0 Å². The summed E-state index contributed by atoms with van der Waals surface area (Å²) in [6, 6.07) is 3.92. The molecule has 1 aliphatic carbocycles. The first kappa shape index (κ1) is 13.3. The molecule has 20 heavy (non-hydrogen) atoms. The third-order valence-corrected chi connectivity index (χ3v) is 4.40. The van der Waals surface area contributed by atoms with Crippen molar-refractivity contribution in [2.45, 2.75) is 43.7 Å². The Balaban J connectivity index is 1.72. The molecule has 1 unspecified atom stereocenters. The molecule has 1 atom stereocenters. The fourth-order valence-electron chi connectivity index (χ4n) is 3.26. The second-order valence-electron chi connectivity index (χ2n) is 5.85. The lowest BCUT2D eigenvalue weighted by atomic mass is 9.70. The van der Waals surface area contributed by atoms with Gasteiger partial charge in [-0.2, -0.15) is 0 Å². The van der Waals surface area contributed by atoms with Crippen molar-refractivity contribution in [3.8, 4) is 0 Å². The number of anilines is 1. The van der Waals surface area contributed by atoms with Crippen LogP contribution in [0.15, 0.2) is 18.2 Å². The number of halogens is 1. The maximum absolute atomic E-state index is 13.4. The first-order valence-electron chi connectivity index (χ1n) is 7.03. The summed E-state index contributed by atoms with van der Waals surface area (Å²) in [4.78, 5) is 10.2. The Kier molecular flexibility index (Phi) is 3.33. The number of nitrogens with zero attached hydrogens (tertiary/aromatic N) is 1. The van der Waals surface area contributed by atoms with Gasteiger partial charge in [0.2, 0.25) is 0 Å². The molecule has 1 heterocycles. The molecule has 1 saturated carbocycles. The summed E-state index contributed by atoms with van der Waals surface area (Å²) in [6.07, 6.45) is 5.58. The van der Waals surface area contributed by atoms with Crippen molar-refractivity contribution in [3.05, 3.63) is 34.1 Å². The number of benzene rings is 1. The minimum atomic E-state index is -0.575. The van der Waals surface area contributed by atoms with Crippen molar-refractivity contribution in [2.24, 2.45) is 0 Å². The molecule has 1 aromatic carbocycles. The van der Waals surface area contributed by atoms with Gasteiger partial charge in [-0.25, -0.2) is 4.39 Å². The zero-order chi connectivity index (χ0) is 14.2. The van der Waals surface area contributed by atoms with Crippen LogP contribution in [0.25, 0.3) is 0 Å². The van der Waals surface area contributed by atoms with E-state index in [9.17, 15) is 14.5 Å². The van der Waals surface area contributed by atoms with Gasteiger partial charge in [-0.15, -0.1) is 0 Å². The van der Waals surface area contributed by atoms with E-state index in [2.05, 4.69) is 10.6 Å². The maximum Gasteiger partial charge on any atom is 0.274 e. The van der Waals surface area contributed by atoms with Gasteiger partial charge in [-0.1, -0.05) is 0 Å². The molecule has 6 heteroatoms. The first-order chi connectivity index (χ1) is 9.56. The van der Waals surface area contributed by atoms with Gasteiger partial charge in [0, 0.05) is 23.3 Å². The smallest absolute Gasteiger partial charge is 0.274 e. The molecule has 0 radical (unpaired) electrons. The molecule has 0 aromatic heterocycles. The molecule has 1 aromatic rings. The lowest BCUT2D eigenvalue weighted by Crippen LogP contribution is -2.58. The molecule has 1 spiro atoms. The van der Waals surface area contributed by atoms with Gasteiger partial charge < -0.3 is 10.6 Å². The number of piperidine rings is 1. The minimum Gasteiger partial charge on any atom is -0.382 e. The minimum absolute atomic E-state index is 0.209. The van der Waals surface area contributed by atoms with Gasteiger partial charge in [-0.05, 0) is 44.7 Å². The van der Waals surface area contributed by atoms with Crippen LogP contribution in [0.2, 0.25) is 0 Å². The van der Waals surface area contributed by atoms with Crippen LogP contribution < -0.4 is 10.6 Å². The highest BCUT2D eigenvalue weighted by Gasteiger charge is 2.40. The highest BCUT2D eigenvalue weighted by molar-refractivity contribution is 5.52. The Labute approximate surface area is 116 Å². The summed E-state index contributed by atoms with van der Waals surface area (Å²) in [5.41, 5.74) is 0.535. The molecule has 1 saturated heterocycles. The van der Waals surface area contributed by atoms with E-state index in [-0.39, 0.29) is 17.3 Å². The summed E-state index contributed by atoms with van der Waals surface area (Å²) in [7, 11) is 0. The van der Waals surface area contributed by atoms with Crippen LogP contribution in [0.1, 0.15) is 32.1 Å². The summed E-state index contributed by atoms with van der Waals surface area (Å²) in [6.45, 7) is 0.940. The number of nitrogens with one attached hydrogen (secondary N) is 2. The maximum atomic E-state index is 13.4. The fourth-order valence-corrected chi connectivity index (χ4v) is 3.26. The van der Waals surface area contributed by atoms with E-state index in [0.717, 1.165) is 25.5 Å². The van der Waals surface area contributed by atoms with Crippen molar-refractivity contribution in [3.63, 3.8) is 0 Å². The summed E-state index contributed by atoms with van der Waals surface area (Å²) in [5.74, 6) is -0.575. The molecule has 3 rings (SSSR count). The number of hydrogen-bond donors (Lipinski definition) is 2. The Morgan fingerprint density at radius 2 is 2.20 bits per heavy atom. The van der Waals surface area contributed by atoms with E-state index in [1.807, 2.05) is 0 Å². The van der Waals surface area contributed by atoms with Crippen LogP contribution in [0.3, 0.4) is 0 Å². The Morgan fingerprint density at radius 3 is 2.85 bits per heavy atom. The second kappa shape index (κ2) is 5.01.